The Morgan fingerprint density at radius 3 is 2.11 bits per heavy atom. The summed E-state index contributed by atoms with van der Waals surface area (Å²) in [5.74, 6) is -0.0300. The summed E-state index contributed by atoms with van der Waals surface area (Å²) in [5.41, 5.74) is 3.11. The van der Waals surface area contributed by atoms with E-state index in [1.54, 1.807) is 7.11 Å². The van der Waals surface area contributed by atoms with Crippen molar-refractivity contribution < 1.29 is 23.9 Å². The first-order valence-electron chi connectivity index (χ1n) is 11.9. The number of imide groups is 1. The maximum absolute atomic E-state index is 12.4. The van der Waals surface area contributed by atoms with Crippen LogP contribution in [0.1, 0.15) is 43.0 Å². The summed E-state index contributed by atoms with van der Waals surface area (Å²) in [6.45, 7) is 4.07. The zero-order chi connectivity index (χ0) is 25.9. The van der Waals surface area contributed by atoms with Gasteiger partial charge in [-0.25, -0.2) is 14.5 Å². The number of rotatable bonds is 7. The number of hydrogen-bond donors (Lipinski definition) is 1. The molecule has 3 aromatic carbocycles. The summed E-state index contributed by atoms with van der Waals surface area (Å²) in [6, 6.07) is 25.0. The van der Waals surface area contributed by atoms with Crippen molar-refractivity contribution in [1.82, 2.24) is 10.2 Å². The first-order chi connectivity index (χ1) is 17.4. The van der Waals surface area contributed by atoms with Crippen molar-refractivity contribution >= 4 is 17.9 Å². The molecule has 0 bridgehead atoms. The van der Waals surface area contributed by atoms with Gasteiger partial charge in [0.1, 0.15) is 18.4 Å². The molecule has 2 atom stereocenters. The lowest BCUT2D eigenvalue weighted by molar-refractivity contribution is -0.163. The van der Waals surface area contributed by atoms with Crippen molar-refractivity contribution in [3.63, 3.8) is 0 Å². The number of aryl methyl sites for hydroxylation is 1. The number of hydrogen-bond acceptors (Lipinski definition) is 5. The standard InChI is InChI=1S/C20H20N2O4.C9H12O/c1-14(16-10-6-3-7-11-16)21-20(25)22-17(12-18(22)23)19(24)26-13-15-8-4-2-5-9-15;1-3-8-4-6-9(10-2)7-5-8/h2-11,14,17H,12-13H2,1H3,(H,21,25);4-7H,3H2,1-2H3. The predicted octanol–water partition coefficient (Wildman–Crippen LogP) is 5.06. The highest BCUT2D eigenvalue weighted by molar-refractivity contribution is 6.06. The van der Waals surface area contributed by atoms with Gasteiger partial charge in [0, 0.05) is 0 Å². The van der Waals surface area contributed by atoms with E-state index in [-0.39, 0.29) is 25.0 Å². The van der Waals surface area contributed by atoms with Crippen LogP contribution in [0.2, 0.25) is 0 Å². The topological polar surface area (TPSA) is 84.9 Å². The molecule has 1 heterocycles. The van der Waals surface area contributed by atoms with Crippen molar-refractivity contribution in [2.75, 3.05) is 7.11 Å². The fourth-order valence-corrected chi connectivity index (χ4v) is 3.63. The number of β-lactam (4-membered cyclic amide) rings is 1. The number of esters is 1. The number of likely N-dealkylation sites (tertiary alicyclic amines) is 1. The molecule has 3 aromatic rings. The van der Waals surface area contributed by atoms with Crippen LogP contribution in [0.25, 0.3) is 0 Å². The monoisotopic (exact) mass is 488 g/mol. The Labute approximate surface area is 212 Å². The van der Waals surface area contributed by atoms with Crippen LogP contribution < -0.4 is 10.1 Å². The van der Waals surface area contributed by atoms with E-state index in [0.29, 0.717) is 0 Å². The molecule has 2 unspecified atom stereocenters. The van der Waals surface area contributed by atoms with Crippen molar-refractivity contribution in [2.24, 2.45) is 0 Å². The van der Waals surface area contributed by atoms with E-state index in [9.17, 15) is 14.4 Å². The van der Waals surface area contributed by atoms with Gasteiger partial charge in [-0.05, 0) is 42.2 Å². The number of amides is 3. The van der Waals surface area contributed by atoms with Crippen LogP contribution in [0.5, 0.6) is 5.75 Å². The van der Waals surface area contributed by atoms with Gasteiger partial charge in [-0.2, -0.15) is 0 Å². The minimum absolute atomic E-state index is 0.0131. The lowest BCUT2D eigenvalue weighted by atomic mass is 10.0. The first-order valence-corrected chi connectivity index (χ1v) is 11.9. The second-order valence-corrected chi connectivity index (χ2v) is 8.36. The summed E-state index contributed by atoms with van der Waals surface area (Å²) < 4.78 is 10.3. The predicted molar refractivity (Wildman–Crippen MR) is 137 cm³/mol. The number of ether oxygens (including phenoxy) is 2. The normalized spacial score (nSPS) is 15.0. The van der Waals surface area contributed by atoms with Gasteiger partial charge in [0.25, 0.3) is 0 Å². The van der Waals surface area contributed by atoms with Gasteiger partial charge in [-0.3, -0.25) is 4.79 Å². The van der Waals surface area contributed by atoms with Crippen molar-refractivity contribution in [2.45, 2.75) is 45.4 Å². The Bertz CT molecular complexity index is 1110. The Kier molecular flexibility index (Phi) is 9.63. The summed E-state index contributed by atoms with van der Waals surface area (Å²) in [7, 11) is 1.68. The van der Waals surface area contributed by atoms with Crippen LogP contribution in [0.4, 0.5) is 4.79 Å². The van der Waals surface area contributed by atoms with E-state index in [2.05, 4.69) is 24.4 Å². The Morgan fingerprint density at radius 1 is 0.944 bits per heavy atom. The third-order valence-electron chi connectivity index (χ3n) is 5.87. The number of nitrogens with one attached hydrogen (secondary N) is 1. The zero-order valence-corrected chi connectivity index (χ0v) is 20.8. The lowest BCUT2D eigenvalue weighted by Crippen LogP contribution is -2.62. The molecule has 0 aliphatic carbocycles. The molecule has 0 saturated carbocycles. The van der Waals surface area contributed by atoms with Crippen LogP contribution >= 0.6 is 0 Å². The molecule has 1 aliphatic rings. The third kappa shape index (κ3) is 7.18. The SMILES string of the molecule is CC(NC(=O)N1C(=O)CC1C(=O)OCc1ccccc1)c1ccccc1.CCc1ccc(OC)cc1. The molecule has 4 rings (SSSR count). The van der Waals surface area contributed by atoms with E-state index >= 15 is 0 Å². The fourth-order valence-electron chi connectivity index (χ4n) is 3.63. The number of urea groups is 1. The maximum atomic E-state index is 12.4. The van der Waals surface area contributed by atoms with Crippen LogP contribution in [-0.2, 0) is 27.4 Å². The van der Waals surface area contributed by atoms with E-state index < -0.39 is 18.0 Å². The number of methoxy groups -OCH3 is 1. The summed E-state index contributed by atoms with van der Waals surface area (Å²) in [5, 5.41) is 2.75. The van der Waals surface area contributed by atoms with Crippen LogP contribution in [-0.4, -0.2) is 36.0 Å². The molecular weight excluding hydrogens is 456 g/mol. The van der Waals surface area contributed by atoms with E-state index in [4.69, 9.17) is 9.47 Å². The zero-order valence-electron chi connectivity index (χ0n) is 20.8. The number of carbonyl (C=O) groups is 3. The number of carbonyl (C=O) groups excluding carboxylic acids is 3. The van der Waals surface area contributed by atoms with Crippen molar-refractivity contribution in [3.05, 3.63) is 102 Å². The van der Waals surface area contributed by atoms with Crippen LogP contribution in [0, 0.1) is 0 Å². The second-order valence-electron chi connectivity index (χ2n) is 8.36. The van der Waals surface area contributed by atoms with E-state index in [1.165, 1.54) is 5.56 Å². The fraction of sp³-hybridized carbons (Fsp3) is 0.276. The minimum Gasteiger partial charge on any atom is -0.497 e. The maximum Gasteiger partial charge on any atom is 0.330 e. The van der Waals surface area contributed by atoms with Crippen molar-refractivity contribution in [3.8, 4) is 5.75 Å². The highest BCUT2D eigenvalue weighted by atomic mass is 16.5. The molecule has 1 aliphatic heterocycles. The molecule has 1 saturated heterocycles. The Hall–Kier alpha value is -4.13. The van der Waals surface area contributed by atoms with Crippen LogP contribution in [0.3, 0.4) is 0 Å². The molecule has 0 aromatic heterocycles. The van der Waals surface area contributed by atoms with Gasteiger partial charge >= 0.3 is 12.0 Å². The van der Waals surface area contributed by atoms with Gasteiger partial charge < -0.3 is 14.8 Å². The van der Waals surface area contributed by atoms with E-state index in [1.807, 2.05) is 79.7 Å². The minimum atomic E-state index is -0.866. The average molecular weight is 489 g/mol. The smallest absolute Gasteiger partial charge is 0.330 e. The summed E-state index contributed by atoms with van der Waals surface area (Å²) in [6.07, 6.45) is 1.07. The quantitative estimate of drug-likeness (QED) is 0.371. The highest BCUT2D eigenvalue weighted by Crippen LogP contribution is 2.22. The largest absolute Gasteiger partial charge is 0.497 e. The van der Waals surface area contributed by atoms with Gasteiger partial charge in [0.15, 0.2) is 0 Å². The highest BCUT2D eigenvalue weighted by Gasteiger charge is 2.46. The molecule has 0 radical (unpaired) electrons. The molecule has 1 fully saturated rings. The van der Waals surface area contributed by atoms with Gasteiger partial charge in [-0.1, -0.05) is 79.7 Å². The Morgan fingerprint density at radius 2 is 1.56 bits per heavy atom. The first kappa shape index (κ1) is 26.5. The molecule has 1 N–H and O–H groups in total. The molecule has 7 heteroatoms. The molecule has 3 amide bonds. The summed E-state index contributed by atoms with van der Waals surface area (Å²) >= 11 is 0. The van der Waals surface area contributed by atoms with Crippen LogP contribution in [0.15, 0.2) is 84.9 Å². The molecule has 188 valence electrons. The number of benzene rings is 3. The average Bonchev–Trinajstić information content (AvgIpc) is 2.91. The van der Waals surface area contributed by atoms with Gasteiger partial charge in [-0.15, -0.1) is 0 Å². The lowest BCUT2D eigenvalue weighted by Gasteiger charge is -2.37. The molecule has 0 spiro atoms. The number of nitrogens with zero attached hydrogens (tertiary/aromatic N) is 1. The Balaban J connectivity index is 0.000000303. The molecule has 7 nitrogen and oxygen atoms in total. The van der Waals surface area contributed by atoms with Crippen molar-refractivity contribution in [1.29, 1.82) is 0 Å². The third-order valence-corrected chi connectivity index (χ3v) is 5.87. The van der Waals surface area contributed by atoms with Gasteiger partial charge in [0.05, 0.1) is 19.6 Å². The second kappa shape index (κ2) is 13.1. The molecule has 36 heavy (non-hydrogen) atoms. The van der Waals surface area contributed by atoms with E-state index in [0.717, 1.165) is 28.2 Å². The van der Waals surface area contributed by atoms with Gasteiger partial charge in [0.2, 0.25) is 5.91 Å². The molecular formula is C29H32N2O5. The summed E-state index contributed by atoms with van der Waals surface area (Å²) in [4.78, 5) is 37.4.